The van der Waals surface area contributed by atoms with E-state index in [2.05, 4.69) is 26.1 Å². The third kappa shape index (κ3) is 7.29. The second-order valence-electron chi connectivity index (χ2n) is 7.58. The molecule has 38 heavy (non-hydrogen) atoms. The third-order valence-electron chi connectivity index (χ3n) is 4.89. The first-order valence-electron chi connectivity index (χ1n) is 11.1. The number of aromatic hydroxyl groups is 1. The number of nitrogens with zero attached hydrogens (tertiary/aromatic N) is 1. The molecule has 1 atom stereocenters. The maximum atomic E-state index is 13.1. The molecular weight excluding hydrogens is 507 g/mol. The molecule has 0 heterocycles. The standard InChI is InChI=1S/C25H24F3N5O5/c1-2-37-20-14-15(12-13-18(20)34)21(23(35)33-30-16-8-4-3-5-9-16)31-32-22(29)17-10-6-7-11-19(17)38-24(36)25(26,27)28/h3-14,21,30-31,34H,2H2,1H3,(H2,29,32)(H,33,35). The highest BCUT2D eigenvalue weighted by Gasteiger charge is 2.41. The summed E-state index contributed by atoms with van der Waals surface area (Å²) in [5, 5.41) is 14.0. The fraction of sp³-hybridized carbons (Fsp3) is 0.160. The van der Waals surface area contributed by atoms with Gasteiger partial charge in [0.2, 0.25) is 0 Å². The first-order valence-corrected chi connectivity index (χ1v) is 11.1. The summed E-state index contributed by atoms with van der Waals surface area (Å²) in [5.74, 6) is -3.94. The summed E-state index contributed by atoms with van der Waals surface area (Å²) in [4.78, 5) is 24.4. The topological polar surface area (TPSA) is 147 Å². The van der Waals surface area contributed by atoms with Crippen LogP contribution in [0.1, 0.15) is 24.1 Å². The van der Waals surface area contributed by atoms with Gasteiger partial charge in [-0.2, -0.15) is 18.3 Å². The lowest BCUT2D eigenvalue weighted by Crippen LogP contribution is -2.39. The maximum Gasteiger partial charge on any atom is 0.491 e. The second kappa shape index (κ2) is 12.3. The fourth-order valence-corrected chi connectivity index (χ4v) is 3.11. The molecule has 0 saturated heterocycles. The Hall–Kier alpha value is -4.94. The number of para-hydroxylation sites is 2. The molecule has 0 aliphatic carbocycles. The molecule has 1 amide bonds. The lowest BCUT2D eigenvalue weighted by atomic mass is 10.1. The van der Waals surface area contributed by atoms with Gasteiger partial charge in [0.05, 0.1) is 17.9 Å². The summed E-state index contributed by atoms with van der Waals surface area (Å²) >= 11 is 0. The summed E-state index contributed by atoms with van der Waals surface area (Å²) in [5.41, 5.74) is 14.6. The number of hydrogen-bond donors (Lipinski definition) is 5. The van der Waals surface area contributed by atoms with Crippen molar-refractivity contribution in [3.05, 3.63) is 83.9 Å². The molecule has 0 radical (unpaired) electrons. The zero-order valence-electron chi connectivity index (χ0n) is 20.0. The number of hydrazine groups is 1. The molecule has 0 spiro atoms. The number of phenols is 1. The molecule has 200 valence electrons. The average Bonchev–Trinajstić information content (AvgIpc) is 2.89. The second-order valence-corrected chi connectivity index (χ2v) is 7.58. The van der Waals surface area contributed by atoms with Gasteiger partial charge in [0.25, 0.3) is 5.91 Å². The SMILES string of the molecule is CCOc1cc(C(N/N=C(\N)c2ccccc2OC(=O)C(F)(F)F)C(=O)NNc2ccccc2)ccc1O. The van der Waals surface area contributed by atoms with Crippen molar-refractivity contribution >= 4 is 23.4 Å². The smallest absolute Gasteiger partial charge is 0.491 e. The quantitative estimate of drug-likeness (QED) is 0.0880. The van der Waals surface area contributed by atoms with Crippen molar-refractivity contribution in [3.8, 4) is 17.2 Å². The fourth-order valence-electron chi connectivity index (χ4n) is 3.11. The van der Waals surface area contributed by atoms with Crippen molar-refractivity contribution in [2.45, 2.75) is 19.1 Å². The Labute approximate surface area is 215 Å². The Balaban J connectivity index is 1.89. The first-order chi connectivity index (χ1) is 18.1. The van der Waals surface area contributed by atoms with E-state index in [0.717, 1.165) is 6.07 Å². The number of halogens is 3. The number of esters is 1. The van der Waals surface area contributed by atoms with Crippen LogP contribution in [-0.4, -0.2) is 35.6 Å². The van der Waals surface area contributed by atoms with Gasteiger partial charge in [-0.15, -0.1) is 0 Å². The number of amidine groups is 1. The molecule has 0 aromatic heterocycles. The molecule has 1 unspecified atom stereocenters. The lowest BCUT2D eigenvalue weighted by molar-refractivity contribution is -0.189. The minimum absolute atomic E-state index is 0.113. The molecule has 0 bridgehead atoms. The molecule has 0 aliphatic rings. The molecule has 0 aliphatic heterocycles. The molecule has 3 rings (SSSR count). The van der Waals surface area contributed by atoms with Crippen LogP contribution < -0.4 is 31.5 Å². The highest BCUT2D eigenvalue weighted by Crippen LogP contribution is 2.30. The number of carbonyl (C=O) groups is 2. The minimum Gasteiger partial charge on any atom is -0.504 e. The van der Waals surface area contributed by atoms with Crippen molar-refractivity contribution < 1.29 is 37.3 Å². The van der Waals surface area contributed by atoms with Crippen LogP contribution in [0.15, 0.2) is 77.9 Å². The number of ether oxygens (including phenoxy) is 2. The van der Waals surface area contributed by atoms with Crippen LogP contribution in [0.4, 0.5) is 18.9 Å². The molecule has 3 aromatic rings. The molecule has 10 nitrogen and oxygen atoms in total. The lowest BCUT2D eigenvalue weighted by Gasteiger charge is -2.19. The van der Waals surface area contributed by atoms with E-state index in [9.17, 15) is 27.9 Å². The van der Waals surface area contributed by atoms with E-state index in [1.807, 2.05) is 0 Å². The Kier molecular flexibility index (Phi) is 8.98. The zero-order valence-corrected chi connectivity index (χ0v) is 20.0. The summed E-state index contributed by atoms with van der Waals surface area (Å²) in [7, 11) is 0. The molecule has 0 fully saturated rings. The normalized spacial score (nSPS) is 12.3. The van der Waals surface area contributed by atoms with Crippen LogP contribution in [-0.2, 0) is 9.59 Å². The third-order valence-corrected chi connectivity index (χ3v) is 4.89. The Morgan fingerprint density at radius 3 is 2.39 bits per heavy atom. The molecule has 0 saturated carbocycles. The van der Waals surface area contributed by atoms with Gasteiger partial charge in [-0.1, -0.05) is 36.4 Å². The number of phenolic OH excluding ortho intramolecular Hbond substituents is 1. The van der Waals surface area contributed by atoms with E-state index in [-0.39, 0.29) is 29.5 Å². The minimum atomic E-state index is -5.22. The van der Waals surface area contributed by atoms with E-state index in [4.69, 9.17) is 10.5 Å². The van der Waals surface area contributed by atoms with Crippen LogP contribution >= 0.6 is 0 Å². The Morgan fingerprint density at radius 1 is 1.03 bits per heavy atom. The number of anilines is 1. The van der Waals surface area contributed by atoms with Gasteiger partial charge >= 0.3 is 12.1 Å². The summed E-state index contributed by atoms with van der Waals surface area (Å²) in [6.07, 6.45) is -5.22. The predicted octanol–water partition coefficient (Wildman–Crippen LogP) is 3.35. The van der Waals surface area contributed by atoms with Crippen LogP contribution in [0.3, 0.4) is 0 Å². The number of benzene rings is 3. The maximum absolute atomic E-state index is 13.1. The highest BCUT2D eigenvalue weighted by molar-refractivity contribution is 6.00. The van der Waals surface area contributed by atoms with E-state index < -0.39 is 29.8 Å². The average molecular weight is 531 g/mol. The van der Waals surface area contributed by atoms with Gasteiger partial charge in [-0.3, -0.25) is 21.1 Å². The first kappa shape index (κ1) is 27.6. The van der Waals surface area contributed by atoms with Gasteiger partial charge in [0.1, 0.15) is 11.8 Å². The van der Waals surface area contributed by atoms with Gasteiger partial charge in [-0.05, 0) is 48.9 Å². The van der Waals surface area contributed by atoms with E-state index in [1.54, 1.807) is 37.3 Å². The summed E-state index contributed by atoms with van der Waals surface area (Å²) in [6.45, 7) is 1.96. The number of rotatable bonds is 10. The number of alkyl halides is 3. The van der Waals surface area contributed by atoms with Crippen molar-refractivity contribution in [2.75, 3.05) is 12.0 Å². The molecule has 13 heteroatoms. The summed E-state index contributed by atoms with van der Waals surface area (Å²) in [6, 6.07) is 16.9. The van der Waals surface area contributed by atoms with Gasteiger partial charge < -0.3 is 20.3 Å². The largest absolute Gasteiger partial charge is 0.504 e. The number of amides is 1. The molecular formula is C25H24F3N5O5. The van der Waals surface area contributed by atoms with Crippen LogP contribution in [0.25, 0.3) is 0 Å². The zero-order chi connectivity index (χ0) is 27.7. The Bertz CT molecular complexity index is 1300. The van der Waals surface area contributed by atoms with Gasteiger partial charge in [-0.25, -0.2) is 4.79 Å². The predicted molar refractivity (Wildman–Crippen MR) is 132 cm³/mol. The number of nitrogens with one attached hydrogen (secondary N) is 3. The number of carbonyl (C=O) groups excluding carboxylic acids is 2. The van der Waals surface area contributed by atoms with E-state index in [1.165, 1.54) is 36.4 Å². The highest BCUT2D eigenvalue weighted by atomic mass is 19.4. The van der Waals surface area contributed by atoms with Gasteiger partial charge in [0.15, 0.2) is 17.3 Å². The van der Waals surface area contributed by atoms with Crippen LogP contribution in [0.5, 0.6) is 17.2 Å². The van der Waals surface area contributed by atoms with Crippen molar-refractivity contribution in [3.63, 3.8) is 0 Å². The summed E-state index contributed by atoms with van der Waals surface area (Å²) < 4.78 is 47.9. The number of hydrazone groups is 1. The Morgan fingerprint density at radius 2 is 1.71 bits per heavy atom. The number of hydrogen-bond acceptors (Lipinski definition) is 8. The van der Waals surface area contributed by atoms with Crippen molar-refractivity contribution in [1.82, 2.24) is 10.9 Å². The van der Waals surface area contributed by atoms with Crippen LogP contribution in [0, 0.1) is 0 Å². The monoisotopic (exact) mass is 531 g/mol. The molecule has 3 aromatic carbocycles. The van der Waals surface area contributed by atoms with E-state index in [0.29, 0.717) is 11.3 Å². The van der Waals surface area contributed by atoms with Crippen LogP contribution in [0.2, 0.25) is 0 Å². The van der Waals surface area contributed by atoms with E-state index >= 15 is 0 Å². The van der Waals surface area contributed by atoms with Crippen molar-refractivity contribution in [2.24, 2.45) is 10.8 Å². The number of nitrogens with two attached hydrogens (primary N) is 1. The molecule has 6 N–H and O–H groups in total. The van der Waals surface area contributed by atoms with Gasteiger partial charge in [0, 0.05) is 0 Å². The van der Waals surface area contributed by atoms with Crippen molar-refractivity contribution in [1.29, 1.82) is 0 Å².